The molecule has 23 heavy (non-hydrogen) atoms. The summed E-state index contributed by atoms with van der Waals surface area (Å²) in [4.78, 5) is 28.8. The lowest BCUT2D eigenvalue weighted by molar-refractivity contribution is -0.195. The van der Waals surface area contributed by atoms with Crippen LogP contribution in [0.5, 0.6) is 0 Å². The molecule has 1 aromatic carbocycles. The van der Waals surface area contributed by atoms with Crippen molar-refractivity contribution in [2.75, 3.05) is 6.54 Å². The molecule has 1 fully saturated rings. The van der Waals surface area contributed by atoms with Crippen molar-refractivity contribution < 1.29 is 19.5 Å². The summed E-state index contributed by atoms with van der Waals surface area (Å²) in [6, 6.07) is 9.53. The Bertz CT molecular complexity index is 511. The zero-order valence-corrected chi connectivity index (χ0v) is 13.6. The van der Waals surface area contributed by atoms with Gasteiger partial charge in [-0.15, -0.1) is 0 Å². The minimum atomic E-state index is -0.855. The van der Waals surface area contributed by atoms with Crippen LogP contribution >= 0.6 is 0 Å². The zero-order valence-electron chi connectivity index (χ0n) is 13.6. The number of benzene rings is 1. The minimum absolute atomic E-state index is 0.105. The number of aliphatic carboxylic acids is 1. The van der Waals surface area contributed by atoms with Crippen LogP contribution in [0, 0.1) is 11.8 Å². The van der Waals surface area contributed by atoms with E-state index in [1.807, 2.05) is 30.3 Å². The second-order valence-corrected chi connectivity index (χ2v) is 6.26. The number of amides is 1. The number of nitrogens with zero attached hydrogens (tertiary/aromatic N) is 1. The molecule has 0 saturated heterocycles. The second kappa shape index (κ2) is 8.67. The van der Waals surface area contributed by atoms with E-state index in [9.17, 15) is 14.7 Å². The maximum atomic E-state index is 11.8. The molecule has 126 valence electrons. The first-order chi connectivity index (χ1) is 11.1. The van der Waals surface area contributed by atoms with Crippen molar-refractivity contribution in [3.63, 3.8) is 0 Å². The number of hydroxylamine groups is 2. The molecule has 0 aliphatic heterocycles. The van der Waals surface area contributed by atoms with Gasteiger partial charge in [0.05, 0.1) is 12.5 Å². The number of hydrogen-bond donors (Lipinski definition) is 1. The molecule has 1 saturated carbocycles. The highest BCUT2D eigenvalue weighted by Crippen LogP contribution is 2.30. The van der Waals surface area contributed by atoms with Gasteiger partial charge in [-0.25, -0.2) is 5.06 Å². The average Bonchev–Trinajstić information content (AvgIpc) is 3.03. The molecular formula is C18H25NO4. The number of carbonyl (C=O) groups is 2. The molecule has 0 aromatic heterocycles. The fourth-order valence-corrected chi connectivity index (χ4v) is 3.10. The van der Waals surface area contributed by atoms with Crippen molar-refractivity contribution in [2.45, 2.75) is 45.6 Å². The Labute approximate surface area is 137 Å². The van der Waals surface area contributed by atoms with Crippen LogP contribution in [0.1, 0.15) is 44.6 Å². The third-order valence-electron chi connectivity index (χ3n) is 4.41. The van der Waals surface area contributed by atoms with Gasteiger partial charge in [0.25, 0.3) is 0 Å². The molecule has 0 bridgehead atoms. The summed E-state index contributed by atoms with van der Waals surface area (Å²) in [5.74, 6) is -1.23. The van der Waals surface area contributed by atoms with E-state index in [0.717, 1.165) is 18.4 Å². The van der Waals surface area contributed by atoms with Gasteiger partial charge in [-0.1, -0.05) is 56.0 Å². The fraction of sp³-hybridized carbons (Fsp3) is 0.556. The van der Waals surface area contributed by atoms with Gasteiger partial charge in [0, 0.05) is 6.92 Å². The predicted octanol–water partition coefficient (Wildman–Crippen LogP) is 3.25. The van der Waals surface area contributed by atoms with Crippen LogP contribution in [0.25, 0.3) is 0 Å². The van der Waals surface area contributed by atoms with E-state index in [0.29, 0.717) is 12.3 Å². The van der Waals surface area contributed by atoms with Crippen LogP contribution < -0.4 is 0 Å². The van der Waals surface area contributed by atoms with Crippen molar-refractivity contribution in [3.8, 4) is 0 Å². The van der Waals surface area contributed by atoms with Crippen molar-refractivity contribution in [2.24, 2.45) is 11.8 Å². The molecule has 1 amide bonds. The van der Waals surface area contributed by atoms with E-state index in [1.165, 1.54) is 24.8 Å². The van der Waals surface area contributed by atoms with E-state index in [1.54, 1.807) is 0 Å². The van der Waals surface area contributed by atoms with Gasteiger partial charge in [-0.3, -0.25) is 14.4 Å². The maximum Gasteiger partial charge on any atom is 0.308 e. The summed E-state index contributed by atoms with van der Waals surface area (Å²) < 4.78 is 0. The van der Waals surface area contributed by atoms with Crippen LogP contribution in [0.4, 0.5) is 0 Å². The average molecular weight is 319 g/mol. The Morgan fingerprint density at radius 2 is 1.91 bits per heavy atom. The summed E-state index contributed by atoms with van der Waals surface area (Å²) >= 11 is 0. The van der Waals surface area contributed by atoms with Gasteiger partial charge in [-0.2, -0.15) is 0 Å². The summed E-state index contributed by atoms with van der Waals surface area (Å²) in [7, 11) is 0. The molecule has 5 nitrogen and oxygen atoms in total. The molecule has 5 heteroatoms. The molecule has 2 rings (SSSR count). The largest absolute Gasteiger partial charge is 0.481 e. The SMILES string of the molecule is CC(=O)N(CC(CC1CCCC1)C(=O)O)OCc1ccccc1. The van der Waals surface area contributed by atoms with Crippen molar-refractivity contribution >= 4 is 11.9 Å². The highest BCUT2D eigenvalue weighted by Gasteiger charge is 2.28. The number of hydrogen-bond acceptors (Lipinski definition) is 3. The van der Waals surface area contributed by atoms with E-state index in [2.05, 4.69) is 0 Å². The van der Waals surface area contributed by atoms with E-state index >= 15 is 0 Å². The molecule has 0 heterocycles. The van der Waals surface area contributed by atoms with Crippen molar-refractivity contribution in [3.05, 3.63) is 35.9 Å². The summed E-state index contributed by atoms with van der Waals surface area (Å²) in [6.07, 6.45) is 5.16. The molecule has 1 aromatic rings. The number of carbonyl (C=O) groups excluding carboxylic acids is 1. The highest BCUT2D eigenvalue weighted by atomic mass is 16.7. The molecule has 1 unspecified atom stereocenters. The molecule has 1 N–H and O–H groups in total. The number of rotatable bonds is 8. The van der Waals surface area contributed by atoms with Crippen LogP contribution in [0.2, 0.25) is 0 Å². The Morgan fingerprint density at radius 1 is 1.26 bits per heavy atom. The van der Waals surface area contributed by atoms with Gasteiger partial charge < -0.3 is 5.11 Å². The molecule has 0 radical (unpaired) electrons. The maximum absolute atomic E-state index is 11.8. The topological polar surface area (TPSA) is 66.8 Å². The molecular weight excluding hydrogens is 294 g/mol. The normalized spacial score (nSPS) is 16.2. The van der Waals surface area contributed by atoms with Crippen LogP contribution in [-0.4, -0.2) is 28.6 Å². The zero-order chi connectivity index (χ0) is 16.7. The number of carboxylic acid groups (broad SMARTS) is 1. The summed E-state index contributed by atoms with van der Waals surface area (Å²) in [6.45, 7) is 1.77. The van der Waals surface area contributed by atoms with Crippen LogP contribution in [0.3, 0.4) is 0 Å². The van der Waals surface area contributed by atoms with Gasteiger partial charge in [0.15, 0.2) is 0 Å². The lowest BCUT2D eigenvalue weighted by atomic mass is 9.93. The van der Waals surface area contributed by atoms with Gasteiger partial charge >= 0.3 is 5.97 Å². The Balaban J connectivity index is 1.92. The van der Waals surface area contributed by atoms with E-state index < -0.39 is 11.9 Å². The molecule has 0 spiro atoms. The van der Waals surface area contributed by atoms with Crippen LogP contribution in [0.15, 0.2) is 30.3 Å². The summed E-state index contributed by atoms with van der Waals surface area (Å²) in [5, 5.41) is 10.7. The van der Waals surface area contributed by atoms with Crippen molar-refractivity contribution in [1.82, 2.24) is 5.06 Å². The Kier molecular flexibility index (Phi) is 6.59. The fourth-order valence-electron chi connectivity index (χ4n) is 3.10. The summed E-state index contributed by atoms with van der Waals surface area (Å²) in [5.41, 5.74) is 0.946. The monoisotopic (exact) mass is 319 g/mol. The highest BCUT2D eigenvalue weighted by molar-refractivity contribution is 5.74. The molecule has 1 aliphatic rings. The lowest BCUT2D eigenvalue weighted by Crippen LogP contribution is -2.37. The van der Waals surface area contributed by atoms with Gasteiger partial charge in [-0.05, 0) is 17.9 Å². The van der Waals surface area contributed by atoms with Crippen LogP contribution in [-0.2, 0) is 21.0 Å². The van der Waals surface area contributed by atoms with Crippen molar-refractivity contribution in [1.29, 1.82) is 0 Å². The van der Waals surface area contributed by atoms with E-state index in [4.69, 9.17) is 4.84 Å². The first-order valence-electron chi connectivity index (χ1n) is 8.24. The third-order valence-corrected chi connectivity index (χ3v) is 4.41. The molecule has 1 aliphatic carbocycles. The standard InChI is InChI=1S/C18H25NO4/c1-14(20)19(23-13-16-9-3-2-4-10-16)12-17(18(21)22)11-15-7-5-6-8-15/h2-4,9-10,15,17H,5-8,11-13H2,1H3,(H,21,22). The first kappa shape index (κ1) is 17.5. The third kappa shape index (κ3) is 5.67. The predicted molar refractivity (Wildman–Crippen MR) is 86.3 cm³/mol. The van der Waals surface area contributed by atoms with Gasteiger partial charge in [0.1, 0.15) is 6.61 Å². The van der Waals surface area contributed by atoms with E-state index in [-0.39, 0.29) is 19.1 Å². The number of carboxylic acids is 1. The first-order valence-corrected chi connectivity index (χ1v) is 8.24. The van der Waals surface area contributed by atoms with Gasteiger partial charge in [0.2, 0.25) is 5.91 Å². The Morgan fingerprint density at radius 3 is 2.48 bits per heavy atom. The quantitative estimate of drug-likeness (QED) is 0.747. The minimum Gasteiger partial charge on any atom is -0.481 e. The molecule has 1 atom stereocenters. The Hall–Kier alpha value is -1.88. The smallest absolute Gasteiger partial charge is 0.308 e. The second-order valence-electron chi connectivity index (χ2n) is 6.26. The lowest BCUT2D eigenvalue weighted by Gasteiger charge is -2.25.